The van der Waals surface area contributed by atoms with Crippen LogP contribution in [0.5, 0.6) is 0 Å². The first-order chi connectivity index (χ1) is 37.5. The minimum absolute atomic E-state index is 0.0672. The summed E-state index contributed by atoms with van der Waals surface area (Å²) in [5.74, 6) is -0.855. The molecule has 0 aliphatic rings. The third kappa shape index (κ3) is 62.0. The van der Waals surface area contributed by atoms with Crippen LogP contribution in [0.4, 0.5) is 0 Å². The molecule has 0 rings (SSSR count). The van der Waals surface area contributed by atoms with Crippen molar-refractivity contribution in [2.75, 3.05) is 13.2 Å². The summed E-state index contributed by atoms with van der Waals surface area (Å²) in [6, 6.07) is 0. The molecule has 0 fully saturated rings. The molecule has 0 saturated heterocycles. The van der Waals surface area contributed by atoms with Gasteiger partial charge in [0.15, 0.2) is 6.10 Å². The van der Waals surface area contributed by atoms with E-state index in [4.69, 9.17) is 14.2 Å². The molecule has 0 spiro atoms. The highest BCUT2D eigenvalue weighted by atomic mass is 16.6. The molecule has 0 aliphatic carbocycles. The van der Waals surface area contributed by atoms with Crippen LogP contribution in [0.25, 0.3) is 0 Å². The lowest BCUT2D eigenvalue weighted by molar-refractivity contribution is -0.167. The first-order valence-corrected chi connectivity index (χ1v) is 33.3. The third-order valence-corrected chi connectivity index (χ3v) is 14.8. The fourth-order valence-electron chi connectivity index (χ4n) is 9.83. The SMILES string of the molecule is CC/C=C\C/C=C\C/C=C\C/C=C\C/C=C\CCCCCCCCCCCCCCCCCCCCCC(=O)OCC(COC(=O)CCCCCCCC)OC(=O)CCCCCCCCCCCCCCCCCCC. The van der Waals surface area contributed by atoms with Gasteiger partial charge in [-0.15, -0.1) is 0 Å². The molecule has 0 aliphatic heterocycles. The molecule has 0 amide bonds. The van der Waals surface area contributed by atoms with E-state index in [1.54, 1.807) is 0 Å². The molecule has 0 saturated carbocycles. The highest BCUT2D eigenvalue weighted by Gasteiger charge is 2.19. The van der Waals surface area contributed by atoms with Crippen LogP contribution in [0.3, 0.4) is 0 Å². The lowest BCUT2D eigenvalue weighted by atomic mass is 10.0. The maximum absolute atomic E-state index is 12.8. The topological polar surface area (TPSA) is 78.9 Å². The van der Waals surface area contributed by atoms with Crippen molar-refractivity contribution in [3.63, 3.8) is 0 Å². The predicted molar refractivity (Wildman–Crippen MR) is 330 cm³/mol. The van der Waals surface area contributed by atoms with Gasteiger partial charge < -0.3 is 14.2 Å². The number of esters is 3. The maximum atomic E-state index is 12.8. The van der Waals surface area contributed by atoms with Gasteiger partial charge in [-0.1, -0.05) is 326 Å². The van der Waals surface area contributed by atoms with Gasteiger partial charge in [-0.25, -0.2) is 0 Å². The van der Waals surface area contributed by atoms with Gasteiger partial charge in [0.2, 0.25) is 0 Å². The Morgan fingerprint density at radius 2 is 0.513 bits per heavy atom. The molecule has 1 unspecified atom stereocenters. The number of allylic oxidation sites excluding steroid dienone is 10. The number of carbonyl (C=O) groups excluding carboxylic acids is 3. The quantitative estimate of drug-likeness (QED) is 0.0261. The van der Waals surface area contributed by atoms with E-state index in [9.17, 15) is 14.4 Å². The second-order valence-corrected chi connectivity index (χ2v) is 22.4. The van der Waals surface area contributed by atoms with Crippen LogP contribution in [-0.2, 0) is 28.6 Å². The van der Waals surface area contributed by atoms with E-state index in [1.165, 1.54) is 218 Å². The van der Waals surface area contributed by atoms with Crippen molar-refractivity contribution in [1.82, 2.24) is 0 Å². The van der Waals surface area contributed by atoms with Gasteiger partial charge in [0.05, 0.1) is 0 Å². The Bertz CT molecular complexity index is 1360. The monoisotopic (exact) mass is 1060 g/mol. The smallest absolute Gasteiger partial charge is 0.306 e. The molecule has 0 aromatic rings. The average molecular weight is 1060 g/mol. The Kier molecular flexibility index (Phi) is 62.2. The molecule has 0 heterocycles. The van der Waals surface area contributed by atoms with Crippen molar-refractivity contribution in [2.45, 2.75) is 354 Å². The van der Waals surface area contributed by atoms with Gasteiger partial charge >= 0.3 is 17.9 Å². The molecule has 1 atom stereocenters. The number of hydrogen-bond acceptors (Lipinski definition) is 6. The van der Waals surface area contributed by atoms with Crippen molar-refractivity contribution in [1.29, 1.82) is 0 Å². The van der Waals surface area contributed by atoms with Crippen molar-refractivity contribution in [3.05, 3.63) is 60.8 Å². The summed E-state index contributed by atoms with van der Waals surface area (Å²) in [6.45, 7) is 6.52. The van der Waals surface area contributed by atoms with Crippen molar-refractivity contribution in [3.8, 4) is 0 Å². The van der Waals surface area contributed by atoms with Crippen LogP contribution in [0.1, 0.15) is 348 Å². The molecule has 6 heteroatoms. The Morgan fingerprint density at radius 1 is 0.276 bits per heavy atom. The minimum atomic E-state index is -0.765. The zero-order valence-electron chi connectivity index (χ0n) is 50.8. The van der Waals surface area contributed by atoms with Gasteiger partial charge in [-0.05, 0) is 64.2 Å². The number of ether oxygens (including phenoxy) is 3. The average Bonchev–Trinajstić information content (AvgIpc) is 3.42. The number of hydrogen-bond donors (Lipinski definition) is 0. The van der Waals surface area contributed by atoms with E-state index >= 15 is 0 Å². The summed E-state index contributed by atoms with van der Waals surface area (Å²) in [7, 11) is 0. The van der Waals surface area contributed by atoms with E-state index in [2.05, 4.69) is 81.5 Å². The summed E-state index contributed by atoms with van der Waals surface area (Å²) in [4.78, 5) is 38.0. The standard InChI is InChI=1S/C70H126O6/c1-4-7-10-13-16-18-20-22-24-26-27-28-29-30-31-32-33-34-35-36-37-38-39-40-41-42-43-45-46-48-50-52-54-57-60-63-69(72)75-66-67(65-74-68(71)62-59-56-15-12-9-6-3)76-70(73)64-61-58-55-53-51-49-47-44-25-23-21-19-17-14-11-8-5-2/h7,10,16,18,22,24,27-28,30-31,67H,4-6,8-9,11-15,17,19-21,23,25-26,29,32-66H2,1-3H3/b10-7-,18-16-,24-22-,28-27-,31-30-. The number of unbranched alkanes of at least 4 members (excludes halogenated alkanes) is 40. The molecule has 0 aromatic heterocycles. The van der Waals surface area contributed by atoms with Crippen LogP contribution in [-0.4, -0.2) is 37.2 Å². The molecular formula is C70H126O6. The Morgan fingerprint density at radius 3 is 0.803 bits per heavy atom. The van der Waals surface area contributed by atoms with E-state index in [0.717, 1.165) is 89.9 Å². The minimum Gasteiger partial charge on any atom is -0.462 e. The van der Waals surface area contributed by atoms with Gasteiger partial charge in [0.1, 0.15) is 13.2 Å². The molecule has 0 radical (unpaired) electrons. The van der Waals surface area contributed by atoms with E-state index in [1.807, 2.05) is 0 Å². The summed E-state index contributed by atoms with van der Waals surface area (Å²) >= 11 is 0. The molecular weight excluding hydrogens is 937 g/mol. The Hall–Kier alpha value is -2.89. The summed E-state index contributed by atoms with van der Waals surface area (Å²) in [5, 5.41) is 0. The molecule has 0 bridgehead atoms. The Labute approximate surface area is 472 Å². The molecule has 442 valence electrons. The van der Waals surface area contributed by atoms with E-state index < -0.39 is 6.10 Å². The summed E-state index contributed by atoms with van der Waals surface area (Å²) in [6.07, 6.45) is 82.9. The summed E-state index contributed by atoms with van der Waals surface area (Å²) < 4.78 is 16.8. The van der Waals surface area contributed by atoms with Gasteiger partial charge in [0, 0.05) is 19.3 Å². The van der Waals surface area contributed by atoms with Crippen molar-refractivity contribution < 1.29 is 28.6 Å². The van der Waals surface area contributed by atoms with Gasteiger partial charge in [0.25, 0.3) is 0 Å². The highest BCUT2D eigenvalue weighted by Crippen LogP contribution is 2.18. The third-order valence-electron chi connectivity index (χ3n) is 14.8. The largest absolute Gasteiger partial charge is 0.462 e. The van der Waals surface area contributed by atoms with Crippen LogP contribution in [0.2, 0.25) is 0 Å². The normalized spacial score (nSPS) is 12.4. The number of carbonyl (C=O) groups is 3. The zero-order chi connectivity index (χ0) is 55.0. The van der Waals surface area contributed by atoms with Crippen LogP contribution >= 0.6 is 0 Å². The fraction of sp³-hybridized carbons (Fsp3) is 0.814. The second kappa shape index (κ2) is 64.6. The number of rotatable bonds is 61. The summed E-state index contributed by atoms with van der Waals surface area (Å²) in [5.41, 5.74) is 0. The second-order valence-electron chi connectivity index (χ2n) is 22.4. The lowest BCUT2D eigenvalue weighted by Gasteiger charge is -2.18. The first-order valence-electron chi connectivity index (χ1n) is 33.3. The fourth-order valence-corrected chi connectivity index (χ4v) is 9.83. The van der Waals surface area contributed by atoms with Crippen LogP contribution in [0, 0.1) is 0 Å². The van der Waals surface area contributed by atoms with Crippen molar-refractivity contribution >= 4 is 17.9 Å². The highest BCUT2D eigenvalue weighted by molar-refractivity contribution is 5.71. The molecule has 76 heavy (non-hydrogen) atoms. The van der Waals surface area contributed by atoms with E-state index in [-0.39, 0.29) is 31.1 Å². The molecule has 0 aromatic carbocycles. The first kappa shape index (κ1) is 73.1. The lowest BCUT2D eigenvalue weighted by Crippen LogP contribution is -2.30. The van der Waals surface area contributed by atoms with Gasteiger partial charge in [-0.3, -0.25) is 14.4 Å². The van der Waals surface area contributed by atoms with E-state index in [0.29, 0.717) is 19.3 Å². The molecule has 0 N–H and O–H groups in total. The van der Waals surface area contributed by atoms with Crippen LogP contribution < -0.4 is 0 Å². The van der Waals surface area contributed by atoms with Gasteiger partial charge in [-0.2, -0.15) is 0 Å². The maximum Gasteiger partial charge on any atom is 0.306 e. The predicted octanol–water partition coefficient (Wildman–Crippen LogP) is 22.7. The zero-order valence-corrected chi connectivity index (χ0v) is 50.8. The Balaban J connectivity index is 3.93. The molecule has 6 nitrogen and oxygen atoms in total. The van der Waals surface area contributed by atoms with Crippen molar-refractivity contribution in [2.24, 2.45) is 0 Å². The van der Waals surface area contributed by atoms with Crippen LogP contribution in [0.15, 0.2) is 60.8 Å².